The smallest absolute Gasteiger partial charge is 0.261 e. The van der Waals surface area contributed by atoms with Crippen molar-refractivity contribution in [3.63, 3.8) is 0 Å². The van der Waals surface area contributed by atoms with Gasteiger partial charge in [0.25, 0.3) is 10.0 Å². The number of sulfonamides is 1. The van der Waals surface area contributed by atoms with Crippen molar-refractivity contribution in [2.24, 2.45) is 0 Å². The third kappa shape index (κ3) is 3.10. The van der Waals surface area contributed by atoms with Gasteiger partial charge in [0.1, 0.15) is 11.5 Å². The van der Waals surface area contributed by atoms with E-state index in [2.05, 4.69) is 4.72 Å². The Kier molecular flexibility index (Phi) is 3.55. The molecule has 0 amide bonds. The lowest BCUT2D eigenvalue weighted by Crippen LogP contribution is -2.12. The molecule has 0 atom stereocenters. The van der Waals surface area contributed by atoms with Gasteiger partial charge in [-0.1, -0.05) is 11.6 Å². The minimum atomic E-state index is -3.79. The van der Waals surface area contributed by atoms with Crippen LogP contribution in [0.5, 0.6) is 11.5 Å². The van der Waals surface area contributed by atoms with Crippen molar-refractivity contribution in [3.8, 4) is 11.5 Å². The maximum atomic E-state index is 12.0. The van der Waals surface area contributed by atoms with E-state index in [9.17, 15) is 13.5 Å². The maximum Gasteiger partial charge on any atom is 0.261 e. The maximum absolute atomic E-state index is 12.0. The average molecular weight is 300 g/mol. The van der Waals surface area contributed by atoms with Crippen LogP contribution in [0.25, 0.3) is 0 Å². The van der Waals surface area contributed by atoms with Gasteiger partial charge in [0.15, 0.2) is 0 Å². The second kappa shape index (κ2) is 4.99. The average Bonchev–Trinajstić information content (AvgIpc) is 2.35. The summed E-state index contributed by atoms with van der Waals surface area (Å²) in [6, 6.07) is 9.17. The zero-order chi connectivity index (χ0) is 14.0. The summed E-state index contributed by atoms with van der Waals surface area (Å²) in [6.45, 7) is 0. The largest absolute Gasteiger partial charge is 0.508 e. The highest BCUT2D eigenvalue weighted by atomic mass is 35.5. The predicted molar refractivity (Wildman–Crippen MR) is 72.0 cm³/mol. The Bertz CT molecular complexity index is 698. The van der Waals surface area contributed by atoms with E-state index in [0.29, 0.717) is 5.69 Å². The van der Waals surface area contributed by atoms with Gasteiger partial charge in [0.2, 0.25) is 0 Å². The summed E-state index contributed by atoms with van der Waals surface area (Å²) in [7, 11) is -3.79. The summed E-state index contributed by atoms with van der Waals surface area (Å²) in [5.41, 5.74) is 0.307. The number of halogens is 1. The van der Waals surface area contributed by atoms with Gasteiger partial charge in [-0.15, -0.1) is 0 Å². The molecule has 2 aromatic rings. The molecule has 7 heteroatoms. The summed E-state index contributed by atoms with van der Waals surface area (Å²) in [5.74, 6) is -0.152. The molecule has 0 saturated carbocycles. The molecule has 0 bridgehead atoms. The van der Waals surface area contributed by atoms with Crippen molar-refractivity contribution in [2.45, 2.75) is 4.90 Å². The topological polar surface area (TPSA) is 86.6 Å². The predicted octanol–water partition coefficient (Wildman–Crippen LogP) is 2.55. The molecule has 0 saturated heterocycles. The Morgan fingerprint density at radius 2 is 1.63 bits per heavy atom. The van der Waals surface area contributed by atoms with Gasteiger partial charge in [-0.05, 0) is 42.5 Å². The first-order valence-corrected chi connectivity index (χ1v) is 7.05. The van der Waals surface area contributed by atoms with Gasteiger partial charge in [0, 0.05) is 5.69 Å². The Labute approximate surface area is 115 Å². The number of nitrogens with one attached hydrogen (secondary N) is 1. The number of hydrogen-bond acceptors (Lipinski definition) is 4. The van der Waals surface area contributed by atoms with Crippen LogP contribution in [0.2, 0.25) is 5.02 Å². The van der Waals surface area contributed by atoms with Crippen LogP contribution in [0, 0.1) is 0 Å². The molecule has 0 aliphatic heterocycles. The first kappa shape index (κ1) is 13.5. The van der Waals surface area contributed by atoms with E-state index in [1.807, 2.05) is 0 Å². The van der Waals surface area contributed by atoms with E-state index in [1.54, 1.807) is 0 Å². The third-order valence-electron chi connectivity index (χ3n) is 2.35. The van der Waals surface area contributed by atoms with Crippen LogP contribution in [-0.4, -0.2) is 18.6 Å². The van der Waals surface area contributed by atoms with Crippen LogP contribution < -0.4 is 4.72 Å². The van der Waals surface area contributed by atoms with Crippen LogP contribution in [0.1, 0.15) is 0 Å². The Hall–Kier alpha value is -1.92. The number of aromatic hydroxyl groups is 2. The van der Waals surface area contributed by atoms with E-state index in [1.165, 1.54) is 36.4 Å². The van der Waals surface area contributed by atoms with E-state index < -0.39 is 10.0 Å². The highest BCUT2D eigenvalue weighted by molar-refractivity contribution is 7.92. The third-order valence-corrected chi connectivity index (χ3v) is 4.03. The summed E-state index contributed by atoms with van der Waals surface area (Å²) in [6.07, 6.45) is 0. The lowest BCUT2D eigenvalue weighted by atomic mass is 10.3. The molecule has 0 spiro atoms. The highest BCUT2D eigenvalue weighted by Gasteiger charge is 2.15. The van der Waals surface area contributed by atoms with Crippen LogP contribution in [-0.2, 0) is 10.0 Å². The first-order chi connectivity index (χ1) is 8.88. The number of phenolic OH excluding ortho intramolecular Hbond substituents is 2. The van der Waals surface area contributed by atoms with E-state index in [-0.39, 0.29) is 21.4 Å². The normalized spacial score (nSPS) is 11.2. The zero-order valence-corrected chi connectivity index (χ0v) is 11.1. The molecule has 2 rings (SSSR count). The van der Waals surface area contributed by atoms with Crippen molar-refractivity contribution in [3.05, 3.63) is 47.5 Å². The molecule has 5 nitrogen and oxygen atoms in total. The molecule has 0 aliphatic rings. The molecule has 0 heterocycles. The Morgan fingerprint density at radius 3 is 2.21 bits per heavy atom. The molecule has 0 radical (unpaired) electrons. The molecule has 3 N–H and O–H groups in total. The summed E-state index contributed by atoms with van der Waals surface area (Å²) < 4.78 is 26.4. The van der Waals surface area contributed by atoms with E-state index >= 15 is 0 Å². The quantitative estimate of drug-likeness (QED) is 0.760. The zero-order valence-electron chi connectivity index (χ0n) is 9.54. The van der Waals surface area contributed by atoms with Crippen molar-refractivity contribution < 1.29 is 18.6 Å². The van der Waals surface area contributed by atoms with E-state index in [4.69, 9.17) is 16.7 Å². The van der Waals surface area contributed by atoms with Crippen molar-refractivity contribution >= 4 is 27.3 Å². The molecule has 100 valence electrons. The second-order valence-corrected chi connectivity index (χ2v) is 5.86. The summed E-state index contributed by atoms with van der Waals surface area (Å²) in [5, 5.41) is 18.3. The number of phenols is 2. The molecule has 0 aliphatic carbocycles. The lowest BCUT2D eigenvalue weighted by molar-refractivity contribution is 0.474. The molecule has 0 unspecified atom stereocenters. The molecular formula is C12H10ClNO4S. The van der Waals surface area contributed by atoms with Gasteiger partial charge < -0.3 is 10.2 Å². The van der Waals surface area contributed by atoms with Gasteiger partial charge in [-0.25, -0.2) is 8.42 Å². The van der Waals surface area contributed by atoms with E-state index in [0.717, 1.165) is 6.07 Å². The van der Waals surface area contributed by atoms with Gasteiger partial charge in [0.05, 0.1) is 9.92 Å². The number of anilines is 1. The molecule has 0 aromatic heterocycles. The summed E-state index contributed by atoms with van der Waals surface area (Å²) in [4.78, 5) is -0.0663. The van der Waals surface area contributed by atoms with Crippen LogP contribution in [0.15, 0.2) is 47.4 Å². The van der Waals surface area contributed by atoms with Gasteiger partial charge >= 0.3 is 0 Å². The number of benzene rings is 2. The fraction of sp³-hybridized carbons (Fsp3) is 0. The summed E-state index contributed by atoms with van der Waals surface area (Å²) >= 11 is 5.67. The molecule has 0 fully saturated rings. The van der Waals surface area contributed by atoms with Crippen LogP contribution >= 0.6 is 11.6 Å². The number of hydrogen-bond donors (Lipinski definition) is 3. The van der Waals surface area contributed by atoms with Crippen molar-refractivity contribution in [1.82, 2.24) is 0 Å². The Morgan fingerprint density at radius 1 is 1.00 bits per heavy atom. The minimum absolute atomic E-state index is 0.0376. The van der Waals surface area contributed by atoms with Crippen LogP contribution in [0.4, 0.5) is 5.69 Å². The number of rotatable bonds is 3. The first-order valence-electron chi connectivity index (χ1n) is 5.19. The molecular weight excluding hydrogens is 290 g/mol. The molecule has 2 aromatic carbocycles. The fourth-order valence-electron chi connectivity index (χ4n) is 1.40. The molecule has 19 heavy (non-hydrogen) atoms. The Balaban J connectivity index is 2.32. The van der Waals surface area contributed by atoms with Crippen molar-refractivity contribution in [2.75, 3.05) is 4.72 Å². The van der Waals surface area contributed by atoms with Gasteiger partial charge in [-0.3, -0.25) is 4.72 Å². The second-order valence-electron chi connectivity index (χ2n) is 3.77. The fourth-order valence-corrected chi connectivity index (χ4v) is 2.73. The standard InChI is InChI=1S/C12H10ClNO4S/c13-11-7-10(5-6-12(11)16)19(17,18)14-8-1-3-9(15)4-2-8/h1-7,14-16H. The van der Waals surface area contributed by atoms with Crippen LogP contribution in [0.3, 0.4) is 0 Å². The lowest BCUT2D eigenvalue weighted by Gasteiger charge is -2.08. The SMILES string of the molecule is O=S(=O)(Nc1ccc(O)cc1)c1ccc(O)c(Cl)c1. The highest BCUT2D eigenvalue weighted by Crippen LogP contribution is 2.27. The minimum Gasteiger partial charge on any atom is -0.508 e. The monoisotopic (exact) mass is 299 g/mol. The van der Waals surface area contributed by atoms with Gasteiger partial charge in [-0.2, -0.15) is 0 Å². The van der Waals surface area contributed by atoms with Crippen molar-refractivity contribution in [1.29, 1.82) is 0 Å².